The van der Waals surface area contributed by atoms with Gasteiger partial charge >= 0.3 is 0 Å². The Morgan fingerprint density at radius 3 is 2.44 bits per heavy atom. The first-order valence-corrected chi connectivity index (χ1v) is 11.3. The van der Waals surface area contributed by atoms with Crippen molar-refractivity contribution in [2.75, 3.05) is 20.3 Å². The van der Waals surface area contributed by atoms with E-state index in [1.165, 1.54) is 0 Å². The Balaban J connectivity index is 1.96. The molecule has 0 aliphatic carbocycles. The zero-order valence-corrected chi connectivity index (χ0v) is 19.7. The van der Waals surface area contributed by atoms with E-state index >= 15 is 0 Å². The summed E-state index contributed by atoms with van der Waals surface area (Å²) in [5, 5.41) is 2.95. The van der Waals surface area contributed by atoms with Gasteiger partial charge in [0, 0.05) is 19.5 Å². The number of carbonyl (C=O) groups excluding carboxylic acids is 2. The summed E-state index contributed by atoms with van der Waals surface area (Å²) >= 11 is 0. The van der Waals surface area contributed by atoms with Crippen molar-refractivity contribution in [1.29, 1.82) is 0 Å². The molecule has 0 saturated carbocycles. The highest BCUT2D eigenvalue weighted by molar-refractivity contribution is 5.87. The monoisotopic (exact) mass is 440 g/mol. The second-order valence-corrected chi connectivity index (χ2v) is 7.96. The topological polar surface area (TPSA) is 67.9 Å². The molecule has 0 aromatic heterocycles. The lowest BCUT2D eigenvalue weighted by atomic mass is 10.1. The number of nitrogens with one attached hydrogen (secondary N) is 1. The van der Waals surface area contributed by atoms with E-state index in [1.54, 1.807) is 18.9 Å². The van der Waals surface area contributed by atoms with Crippen LogP contribution in [-0.2, 0) is 16.1 Å². The largest absolute Gasteiger partial charge is 0.497 e. The highest BCUT2D eigenvalue weighted by Gasteiger charge is 2.25. The number of hydrogen-bond acceptors (Lipinski definition) is 4. The molecular formula is C26H36N2O4. The molecule has 0 aliphatic heterocycles. The molecule has 2 amide bonds. The molecule has 0 aliphatic rings. The molecule has 32 heavy (non-hydrogen) atoms. The van der Waals surface area contributed by atoms with Gasteiger partial charge in [-0.25, -0.2) is 0 Å². The van der Waals surface area contributed by atoms with E-state index < -0.39 is 6.04 Å². The van der Waals surface area contributed by atoms with Crippen molar-refractivity contribution in [3.8, 4) is 11.5 Å². The fraction of sp³-hybridized carbons (Fsp3) is 0.462. The molecule has 0 fully saturated rings. The van der Waals surface area contributed by atoms with E-state index in [0.717, 1.165) is 35.5 Å². The predicted octanol–water partition coefficient (Wildman–Crippen LogP) is 4.50. The van der Waals surface area contributed by atoms with Crippen molar-refractivity contribution >= 4 is 11.8 Å². The van der Waals surface area contributed by atoms with Crippen LogP contribution in [0.4, 0.5) is 0 Å². The van der Waals surface area contributed by atoms with Crippen LogP contribution < -0.4 is 14.8 Å². The fourth-order valence-corrected chi connectivity index (χ4v) is 3.35. The van der Waals surface area contributed by atoms with Crippen molar-refractivity contribution in [1.82, 2.24) is 10.2 Å². The van der Waals surface area contributed by atoms with Crippen LogP contribution in [0, 0.1) is 6.92 Å². The molecule has 0 radical (unpaired) electrons. The van der Waals surface area contributed by atoms with Gasteiger partial charge in [-0.05, 0) is 56.5 Å². The quantitative estimate of drug-likeness (QED) is 0.466. The fourth-order valence-electron chi connectivity index (χ4n) is 3.35. The van der Waals surface area contributed by atoms with Crippen LogP contribution >= 0.6 is 0 Å². The van der Waals surface area contributed by atoms with Crippen LogP contribution in [0.2, 0.25) is 0 Å². The molecule has 2 aromatic rings. The minimum absolute atomic E-state index is 0.0528. The first-order valence-electron chi connectivity index (χ1n) is 11.3. The van der Waals surface area contributed by atoms with E-state index in [0.29, 0.717) is 32.5 Å². The maximum absolute atomic E-state index is 13.1. The summed E-state index contributed by atoms with van der Waals surface area (Å²) in [5.41, 5.74) is 2.14. The maximum atomic E-state index is 13.1. The molecule has 174 valence electrons. The van der Waals surface area contributed by atoms with Gasteiger partial charge in [-0.15, -0.1) is 0 Å². The van der Waals surface area contributed by atoms with Crippen LogP contribution in [0.1, 0.15) is 50.7 Å². The van der Waals surface area contributed by atoms with Crippen LogP contribution in [0.15, 0.2) is 48.5 Å². The molecule has 0 saturated heterocycles. The van der Waals surface area contributed by atoms with Crippen molar-refractivity contribution < 1.29 is 19.1 Å². The summed E-state index contributed by atoms with van der Waals surface area (Å²) in [4.78, 5) is 27.4. The summed E-state index contributed by atoms with van der Waals surface area (Å²) in [6.45, 7) is 7.35. The molecule has 1 atom stereocenters. The van der Waals surface area contributed by atoms with Gasteiger partial charge in [0.15, 0.2) is 0 Å². The molecule has 1 N–H and O–H groups in total. The Labute approximate surface area is 191 Å². The number of methoxy groups -OCH3 is 1. The number of benzene rings is 2. The van der Waals surface area contributed by atoms with Gasteiger partial charge in [0.1, 0.15) is 17.5 Å². The van der Waals surface area contributed by atoms with E-state index in [4.69, 9.17) is 9.47 Å². The lowest BCUT2D eigenvalue weighted by Gasteiger charge is -2.29. The zero-order chi connectivity index (χ0) is 23.3. The standard InChI is InChI=1S/C26H36N2O4/c1-5-6-16-27-26(30)21(3)28(19-22-10-7-9-20(2)18-22)25(29)11-8-17-32-24-14-12-23(31-4)13-15-24/h7,9-10,12-15,18,21H,5-6,8,11,16-17,19H2,1-4H3,(H,27,30). The van der Waals surface area contributed by atoms with Crippen molar-refractivity contribution in [2.24, 2.45) is 0 Å². The van der Waals surface area contributed by atoms with E-state index in [2.05, 4.69) is 18.3 Å². The average Bonchev–Trinajstić information content (AvgIpc) is 2.80. The molecule has 1 unspecified atom stereocenters. The van der Waals surface area contributed by atoms with Gasteiger partial charge < -0.3 is 19.7 Å². The van der Waals surface area contributed by atoms with Gasteiger partial charge in [-0.3, -0.25) is 9.59 Å². The SMILES string of the molecule is CCCCNC(=O)C(C)N(Cc1cccc(C)c1)C(=O)CCCOc1ccc(OC)cc1. The van der Waals surface area contributed by atoms with E-state index in [-0.39, 0.29) is 11.8 Å². The third-order valence-corrected chi connectivity index (χ3v) is 5.30. The minimum atomic E-state index is -0.539. The second-order valence-electron chi connectivity index (χ2n) is 7.96. The third-order valence-electron chi connectivity index (χ3n) is 5.30. The predicted molar refractivity (Wildman–Crippen MR) is 127 cm³/mol. The minimum Gasteiger partial charge on any atom is -0.497 e. The molecule has 0 spiro atoms. The molecular weight excluding hydrogens is 404 g/mol. The van der Waals surface area contributed by atoms with Crippen molar-refractivity contribution in [3.63, 3.8) is 0 Å². The molecule has 0 bridgehead atoms. The normalized spacial score (nSPS) is 11.5. The molecule has 6 nitrogen and oxygen atoms in total. The number of unbranched alkanes of at least 4 members (excludes halogenated alkanes) is 1. The van der Waals surface area contributed by atoms with Crippen LogP contribution in [-0.4, -0.2) is 43.0 Å². The van der Waals surface area contributed by atoms with Crippen LogP contribution in [0.5, 0.6) is 11.5 Å². The summed E-state index contributed by atoms with van der Waals surface area (Å²) in [7, 11) is 1.62. The van der Waals surface area contributed by atoms with E-state index in [1.807, 2.05) is 49.4 Å². The van der Waals surface area contributed by atoms with Crippen LogP contribution in [0.3, 0.4) is 0 Å². The summed E-state index contributed by atoms with van der Waals surface area (Å²) in [6, 6.07) is 14.8. The molecule has 6 heteroatoms. The third kappa shape index (κ3) is 8.25. The Hall–Kier alpha value is -3.02. The van der Waals surface area contributed by atoms with Gasteiger partial charge in [-0.2, -0.15) is 0 Å². The highest BCUT2D eigenvalue weighted by atomic mass is 16.5. The highest BCUT2D eigenvalue weighted by Crippen LogP contribution is 2.18. The number of nitrogens with zero attached hydrogens (tertiary/aromatic N) is 1. The summed E-state index contributed by atoms with van der Waals surface area (Å²) < 4.78 is 10.9. The number of hydrogen-bond donors (Lipinski definition) is 1. The Bertz CT molecular complexity index is 851. The number of carbonyl (C=O) groups is 2. The number of aryl methyl sites for hydroxylation is 1. The first kappa shape index (κ1) is 25.2. The number of amides is 2. The molecule has 2 aromatic carbocycles. The van der Waals surface area contributed by atoms with Crippen molar-refractivity contribution in [2.45, 2.75) is 59.0 Å². The Kier molecular flexibility index (Phi) is 10.6. The molecule has 2 rings (SSSR count). The van der Waals surface area contributed by atoms with Crippen LogP contribution in [0.25, 0.3) is 0 Å². The number of ether oxygens (including phenoxy) is 2. The maximum Gasteiger partial charge on any atom is 0.242 e. The average molecular weight is 441 g/mol. The van der Waals surface area contributed by atoms with Gasteiger partial charge in [0.05, 0.1) is 13.7 Å². The second kappa shape index (κ2) is 13.4. The van der Waals surface area contributed by atoms with Gasteiger partial charge in [0.25, 0.3) is 0 Å². The lowest BCUT2D eigenvalue weighted by molar-refractivity contribution is -0.140. The lowest BCUT2D eigenvalue weighted by Crippen LogP contribution is -2.47. The van der Waals surface area contributed by atoms with E-state index in [9.17, 15) is 9.59 Å². The molecule has 0 heterocycles. The zero-order valence-electron chi connectivity index (χ0n) is 19.7. The first-order chi connectivity index (χ1) is 15.4. The summed E-state index contributed by atoms with van der Waals surface area (Å²) in [5.74, 6) is 1.33. The van der Waals surface area contributed by atoms with Gasteiger partial charge in [-0.1, -0.05) is 43.2 Å². The van der Waals surface area contributed by atoms with Crippen molar-refractivity contribution in [3.05, 3.63) is 59.7 Å². The Morgan fingerprint density at radius 1 is 1.06 bits per heavy atom. The van der Waals surface area contributed by atoms with Gasteiger partial charge in [0.2, 0.25) is 11.8 Å². The number of rotatable bonds is 13. The smallest absolute Gasteiger partial charge is 0.242 e. The summed E-state index contributed by atoms with van der Waals surface area (Å²) in [6.07, 6.45) is 2.82. The Morgan fingerprint density at radius 2 is 1.78 bits per heavy atom.